The largest absolute Gasteiger partial charge is 1.00 e. The first-order valence-corrected chi connectivity index (χ1v) is 19.3. The van der Waals surface area contributed by atoms with Crippen LogP contribution < -0.4 is 24.8 Å². The minimum Gasteiger partial charge on any atom is -1.00 e. The van der Waals surface area contributed by atoms with Gasteiger partial charge >= 0.3 is 70.3 Å². The SMILES string of the molecule is CC1=CC=CC2[CH-]C3(C)C4(C)C=CC=CC4(C)C4(C)C=CC=CC4(C)C3(C)C12C.CC1=[C-]CC(C(C)(C)C)=C1.C[C](=[Zr+2])c1ccccc1.[Cl-].[Cl-]. The standard InChI is InChI=1S/C29H37.C10H15.C8H8.2ClH.Zr/c1-21-14-13-15-22-20-27(6)25(4)18-10-9-16-23(25,2)24(3)17-11-12-19-26(24,5)29(27,8)28(21,22)7;1-8-5-6-9(7-8)10(2,3)4;1-2-8-6-4-3-5-7-8;;;/h9-20,22H,1-8H3;7H,6H2,1-4H3;3-7H,1H3;2*1H;/q2*-1;;;;+2/p-2. The number of fused-ring (bicyclic) bond motifs is 8. The maximum Gasteiger partial charge on any atom is -1.00 e. The first kappa shape index (κ1) is 42.9. The van der Waals surface area contributed by atoms with Crippen molar-refractivity contribution in [1.29, 1.82) is 0 Å². The molecule has 1 aromatic carbocycles. The van der Waals surface area contributed by atoms with E-state index in [1.54, 1.807) is 0 Å². The number of rotatable bonds is 1. The van der Waals surface area contributed by atoms with Crippen LogP contribution in [0, 0.1) is 61.7 Å². The number of halogens is 2. The number of hydrogen-bond acceptors (Lipinski definition) is 0. The fraction of sp³-hybridized carbons (Fsp3) is 0.489. The molecule has 0 aromatic heterocycles. The second-order valence-electron chi connectivity index (χ2n) is 17.6. The summed E-state index contributed by atoms with van der Waals surface area (Å²) in [7, 11) is 0. The fourth-order valence-electron chi connectivity index (χ4n) is 11.0. The Kier molecular flexibility index (Phi) is 12.3. The molecule has 8 atom stereocenters. The molecule has 0 heterocycles. The molecule has 1 aromatic rings. The van der Waals surface area contributed by atoms with Crippen LogP contribution in [0.3, 0.4) is 0 Å². The van der Waals surface area contributed by atoms with Gasteiger partial charge in [0.1, 0.15) is 0 Å². The van der Waals surface area contributed by atoms with Crippen molar-refractivity contribution >= 4 is 3.21 Å². The molecular weight excluding hydrogens is 727 g/mol. The van der Waals surface area contributed by atoms with Crippen LogP contribution in [0.5, 0.6) is 0 Å². The minimum atomic E-state index is 0. The van der Waals surface area contributed by atoms with Crippen LogP contribution >= 0.6 is 0 Å². The van der Waals surface area contributed by atoms with E-state index < -0.39 is 0 Å². The summed E-state index contributed by atoms with van der Waals surface area (Å²) in [5, 5.41) is 0. The van der Waals surface area contributed by atoms with E-state index in [2.05, 4.69) is 200 Å². The van der Waals surface area contributed by atoms with Crippen LogP contribution in [0.4, 0.5) is 0 Å². The fourth-order valence-corrected chi connectivity index (χ4v) is 11.4. The Balaban J connectivity index is 0.000000265. The van der Waals surface area contributed by atoms with Crippen molar-refractivity contribution in [1.82, 2.24) is 0 Å². The van der Waals surface area contributed by atoms with E-state index in [1.165, 1.54) is 49.7 Å². The first-order chi connectivity index (χ1) is 22.2. The summed E-state index contributed by atoms with van der Waals surface area (Å²) in [5.41, 5.74) is 6.24. The van der Waals surface area contributed by atoms with E-state index in [4.69, 9.17) is 0 Å². The van der Waals surface area contributed by atoms with Crippen molar-refractivity contribution in [2.24, 2.45) is 49.2 Å². The van der Waals surface area contributed by atoms with Crippen LogP contribution in [0.25, 0.3) is 0 Å². The minimum absolute atomic E-state index is 0. The van der Waals surface area contributed by atoms with Crippen molar-refractivity contribution in [3.05, 3.63) is 138 Å². The van der Waals surface area contributed by atoms with E-state index in [-0.39, 0.29) is 62.7 Å². The molecule has 50 heavy (non-hydrogen) atoms. The molecule has 0 amide bonds. The normalized spacial score (nSPS) is 39.7. The van der Waals surface area contributed by atoms with Gasteiger partial charge in [0.15, 0.2) is 0 Å². The van der Waals surface area contributed by atoms with Crippen LogP contribution in [0.1, 0.15) is 102 Å². The predicted molar refractivity (Wildman–Crippen MR) is 205 cm³/mol. The van der Waals surface area contributed by atoms with Gasteiger partial charge in [-0.25, -0.2) is 11.6 Å². The average molecular weight is 787 g/mol. The molecule has 0 saturated heterocycles. The van der Waals surface area contributed by atoms with Crippen molar-refractivity contribution < 1.29 is 49.0 Å². The zero-order chi connectivity index (χ0) is 35.6. The smallest absolute Gasteiger partial charge is 1.00 e. The van der Waals surface area contributed by atoms with Gasteiger partial charge in [-0.15, -0.1) is 23.8 Å². The summed E-state index contributed by atoms with van der Waals surface area (Å²) in [4.78, 5) is 0. The summed E-state index contributed by atoms with van der Waals surface area (Å²) in [6.07, 6.45) is 35.8. The third-order valence-electron chi connectivity index (χ3n) is 15.2. The Morgan fingerprint density at radius 3 is 1.70 bits per heavy atom. The summed E-state index contributed by atoms with van der Waals surface area (Å²) in [5.74, 6) is 0.460. The second kappa shape index (κ2) is 14.4. The van der Waals surface area contributed by atoms with Crippen molar-refractivity contribution in [2.45, 2.75) is 96.4 Å². The maximum atomic E-state index is 3.30. The third-order valence-corrected chi connectivity index (χ3v) is 15.9. The molecule has 6 aliphatic rings. The van der Waals surface area contributed by atoms with Gasteiger partial charge in [0.05, 0.1) is 0 Å². The Labute approximate surface area is 333 Å². The average Bonchev–Trinajstić information content (AvgIpc) is 3.56. The number of benzene rings is 1. The summed E-state index contributed by atoms with van der Waals surface area (Å²) in [6, 6.07) is 10.5. The van der Waals surface area contributed by atoms with Gasteiger partial charge < -0.3 is 31.2 Å². The first-order valence-electron chi connectivity index (χ1n) is 18.0. The van der Waals surface area contributed by atoms with E-state index in [0.717, 1.165) is 6.42 Å². The molecular formula is C47H60Cl2Zr-2. The molecule has 6 aliphatic carbocycles. The second-order valence-corrected chi connectivity index (χ2v) is 19.5. The summed E-state index contributed by atoms with van der Waals surface area (Å²) >= 11 is 1.51. The van der Waals surface area contributed by atoms with Gasteiger partial charge in [0.25, 0.3) is 0 Å². The molecule has 0 N–H and O–H groups in total. The van der Waals surface area contributed by atoms with Gasteiger partial charge in [-0.1, -0.05) is 142 Å². The number of hydrogen-bond donors (Lipinski definition) is 0. The molecule has 3 heteroatoms. The van der Waals surface area contributed by atoms with Crippen LogP contribution in [0.15, 0.2) is 120 Å². The molecule has 2 fully saturated rings. The summed E-state index contributed by atoms with van der Waals surface area (Å²) in [6.45, 7) is 31.3. The predicted octanol–water partition coefficient (Wildman–Crippen LogP) is 6.54. The van der Waals surface area contributed by atoms with E-state index >= 15 is 0 Å². The zero-order valence-corrected chi connectivity index (χ0v) is 36.9. The molecule has 8 unspecified atom stereocenters. The van der Waals surface area contributed by atoms with Gasteiger partial charge in [-0.2, -0.15) is 5.57 Å². The van der Waals surface area contributed by atoms with Crippen molar-refractivity contribution in [2.75, 3.05) is 0 Å². The van der Waals surface area contributed by atoms with Gasteiger partial charge in [-0.05, 0) is 34.0 Å². The van der Waals surface area contributed by atoms with E-state index in [0.29, 0.717) is 11.3 Å². The maximum absolute atomic E-state index is 3.30. The van der Waals surface area contributed by atoms with Crippen molar-refractivity contribution in [3.8, 4) is 0 Å². The van der Waals surface area contributed by atoms with Crippen LogP contribution in [-0.4, -0.2) is 3.21 Å². The van der Waals surface area contributed by atoms with E-state index in [9.17, 15) is 0 Å². The monoisotopic (exact) mass is 784 g/mol. The molecule has 2 saturated carbocycles. The van der Waals surface area contributed by atoms with Gasteiger partial charge in [-0.3, -0.25) is 6.08 Å². The molecule has 0 aliphatic heterocycles. The Bertz CT molecular complexity index is 1710. The zero-order valence-electron chi connectivity index (χ0n) is 32.9. The molecule has 0 bridgehead atoms. The Morgan fingerprint density at radius 1 is 0.760 bits per heavy atom. The van der Waals surface area contributed by atoms with Gasteiger partial charge in [0, 0.05) is 10.8 Å². The topological polar surface area (TPSA) is 0 Å². The number of allylic oxidation sites excluding steroid dienone is 16. The molecule has 0 spiro atoms. The third kappa shape index (κ3) is 5.73. The van der Waals surface area contributed by atoms with Crippen LogP contribution in [0.2, 0.25) is 0 Å². The summed E-state index contributed by atoms with van der Waals surface area (Å²) < 4.78 is 1.46. The quantitative estimate of drug-likeness (QED) is 0.284. The Hall–Kier alpha value is -1.53. The van der Waals surface area contributed by atoms with E-state index in [1.807, 2.05) is 6.07 Å². The molecule has 268 valence electrons. The van der Waals surface area contributed by atoms with Crippen LogP contribution in [-0.2, 0) is 24.2 Å². The molecule has 0 radical (unpaired) electrons. The molecule has 7 rings (SSSR count). The Morgan fingerprint density at radius 2 is 1.26 bits per heavy atom. The van der Waals surface area contributed by atoms with Gasteiger partial charge in [0.2, 0.25) is 0 Å². The van der Waals surface area contributed by atoms with Crippen molar-refractivity contribution in [3.63, 3.8) is 0 Å². The molecule has 0 nitrogen and oxygen atoms in total.